The number of ether oxygens (including phenoxy) is 2. The molecule has 2 aliphatic rings. The fourth-order valence-electron chi connectivity index (χ4n) is 4.19. The van der Waals surface area contributed by atoms with Crippen molar-refractivity contribution < 1.29 is 29.3 Å². The first-order valence-corrected chi connectivity index (χ1v) is 11.0. The zero-order chi connectivity index (χ0) is 23.5. The van der Waals surface area contributed by atoms with Crippen LogP contribution in [0.5, 0.6) is 11.5 Å². The number of aromatic hydroxyl groups is 1. The van der Waals surface area contributed by atoms with Crippen molar-refractivity contribution in [3.8, 4) is 11.5 Å². The Kier molecular flexibility index (Phi) is 6.88. The SMILES string of the molecule is COc1ccc(/C(O)=C2\C(=O)C(=O)N(CCN3CCOCC3)C2c2cccc(Cl)c2)c(O)c1. The van der Waals surface area contributed by atoms with Crippen LogP contribution in [0, 0.1) is 0 Å². The number of carbonyl (C=O) groups is 2. The Morgan fingerprint density at radius 2 is 1.91 bits per heavy atom. The average Bonchev–Trinajstić information content (AvgIpc) is 3.07. The van der Waals surface area contributed by atoms with Gasteiger partial charge in [0.25, 0.3) is 11.7 Å². The Morgan fingerprint density at radius 1 is 1.15 bits per heavy atom. The molecule has 174 valence electrons. The van der Waals surface area contributed by atoms with Gasteiger partial charge in [0.15, 0.2) is 0 Å². The number of ketones is 1. The van der Waals surface area contributed by atoms with Crippen LogP contribution in [0.25, 0.3) is 5.76 Å². The molecule has 2 saturated heterocycles. The van der Waals surface area contributed by atoms with Gasteiger partial charge in [-0.15, -0.1) is 0 Å². The van der Waals surface area contributed by atoms with E-state index in [1.807, 2.05) is 0 Å². The highest BCUT2D eigenvalue weighted by Gasteiger charge is 2.46. The molecular formula is C24H25ClN2O6. The maximum atomic E-state index is 13.1. The van der Waals surface area contributed by atoms with Crippen molar-refractivity contribution in [2.24, 2.45) is 0 Å². The second-order valence-electron chi connectivity index (χ2n) is 7.88. The Labute approximate surface area is 196 Å². The van der Waals surface area contributed by atoms with E-state index in [-0.39, 0.29) is 23.4 Å². The lowest BCUT2D eigenvalue weighted by Crippen LogP contribution is -2.42. The molecular weight excluding hydrogens is 448 g/mol. The highest BCUT2D eigenvalue weighted by Crippen LogP contribution is 2.41. The minimum atomic E-state index is -0.841. The van der Waals surface area contributed by atoms with Crippen molar-refractivity contribution >= 4 is 29.1 Å². The lowest BCUT2D eigenvalue weighted by molar-refractivity contribution is -0.140. The van der Waals surface area contributed by atoms with E-state index in [2.05, 4.69) is 4.90 Å². The van der Waals surface area contributed by atoms with Gasteiger partial charge in [0, 0.05) is 37.3 Å². The van der Waals surface area contributed by atoms with E-state index in [4.69, 9.17) is 21.1 Å². The zero-order valence-corrected chi connectivity index (χ0v) is 18.9. The molecule has 2 aromatic rings. The number of methoxy groups -OCH3 is 1. The largest absolute Gasteiger partial charge is 0.507 e. The number of benzene rings is 2. The maximum Gasteiger partial charge on any atom is 0.295 e. The second-order valence-corrected chi connectivity index (χ2v) is 8.32. The van der Waals surface area contributed by atoms with Crippen LogP contribution in [-0.2, 0) is 14.3 Å². The summed E-state index contributed by atoms with van der Waals surface area (Å²) in [6.45, 7) is 3.56. The summed E-state index contributed by atoms with van der Waals surface area (Å²) in [6, 6.07) is 10.3. The smallest absolute Gasteiger partial charge is 0.295 e. The van der Waals surface area contributed by atoms with Crippen molar-refractivity contribution in [1.29, 1.82) is 0 Å². The van der Waals surface area contributed by atoms with Crippen LogP contribution in [-0.4, -0.2) is 78.2 Å². The van der Waals surface area contributed by atoms with Crippen LogP contribution in [0.2, 0.25) is 5.02 Å². The van der Waals surface area contributed by atoms with Crippen LogP contribution >= 0.6 is 11.6 Å². The number of nitrogens with zero attached hydrogens (tertiary/aromatic N) is 2. The number of rotatable bonds is 6. The number of phenolic OH excluding ortho intramolecular Hbond substituents is 1. The molecule has 2 aliphatic heterocycles. The molecule has 0 aromatic heterocycles. The minimum absolute atomic E-state index is 0.0361. The highest BCUT2D eigenvalue weighted by molar-refractivity contribution is 6.46. The summed E-state index contributed by atoms with van der Waals surface area (Å²) in [7, 11) is 1.45. The molecule has 2 heterocycles. The monoisotopic (exact) mass is 472 g/mol. The summed E-state index contributed by atoms with van der Waals surface area (Å²) in [4.78, 5) is 29.8. The number of aliphatic hydroxyl groups excluding tert-OH is 1. The molecule has 0 radical (unpaired) electrons. The predicted molar refractivity (Wildman–Crippen MR) is 122 cm³/mol. The average molecular weight is 473 g/mol. The van der Waals surface area contributed by atoms with Crippen LogP contribution in [0.1, 0.15) is 17.2 Å². The molecule has 2 fully saturated rings. The number of carbonyl (C=O) groups excluding carboxylic acids is 2. The van der Waals surface area contributed by atoms with Crippen LogP contribution in [0.15, 0.2) is 48.0 Å². The number of phenols is 1. The quantitative estimate of drug-likeness (QED) is 0.379. The summed E-state index contributed by atoms with van der Waals surface area (Å²) in [5, 5.41) is 22.0. The molecule has 33 heavy (non-hydrogen) atoms. The van der Waals surface area contributed by atoms with Crippen LogP contribution in [0.4, 0.5) is 0 Å². The van der Waals surface area contributed by atoms with Crippen LogP contribution in [0.3, 0.4) is 0 Å². The first kappa shape index (κ1) is 23.1. The molecule has 1 amide bonds. The number of hydrogen-bond acceptors (Lipinski definition) is 7. The third-order valence-electron chi connectivity index (χ3n) is 5.93. The molecule has 0 aliphatic carbocycles. The molecule has 0 bridgehead atoms. The van der Waals surface area contributed by atoms with E-state index < -0.39 is 23.5 Å². The Balaban J connectivity index is 1.76. The number of morpholine rings is 1. The number of aliphatic hydroxyl groups is 1. The standard InChI is InChI=1S/C24H25ClN2O6/c1-32-17-5-6-18(19(28)14-17)22(29)20-21(15-3-2-4-16(25)13-15)27(24(31)23(20)30)8-7-26-9-11-33-12-10-26/h2-6,13-14,21,28-29H,7-12H2,1H3/b22-20+. The molecule has 1 atom stereocenters. The summed E-state index contributed by atoms with van der Waals surface area (Å²) in [5.74, 6) is -1.84. The number of likely N-dealkylation sites (tertiary alicyclic amines) is 1. The molecule has 4 rings (SSSR count). The Hall–Kier alpha value is -3.07. The van der Waals surface area contributed by atoms with E-state index in [1.54, 1.807) is 30.3 Å². The lowest BCUT2D eigenvalue weighted by atomic mass is 9.95. The fourth-order valence-corrected chi connectivity index (χ4v) is 4.39. The van der Waals surface area contributed by atoms with Gasteiger partial charge in [-0.25, -0.2) is 0 Å². The molecule has 0 spiro atoms. The predicted octanol–water partition coefficient (Wildman–Crippen LogP) is 2.81. The number of amides is 1. The van der Waals surface area contributed by atoms with Crippen molar-refractivity contribution in [1.82, 2.24) is 9.80 Å². The summed E-state index contributed by atoms with van der Waals surface area (Å²) < 4.78 is 10.5. The molecule has 9 heteroatoms. The highest BCUT2D eigenvalue weighted by atomic mass is 35.5. The molecule has 2 N–H and O–H groups in total. The lowest BCUT2D eigenvalue weighted by Gasteiger charge is -2.31. The molecule has 2 aromatic carbocycles. The van der Waals surface area contributed by atoms with Gasteiger partial charge in [0.05, 0.1) is 37.5 Å². The first-order chi connectivity index (χ1) is 15.9. The summed E-state index contributed by atoms with van der Waals surface area (Å²) in [6.07, 6.45) is 0. The van der Waals surface area contributed by atoms with Gasteiger partial charge < -0.3 is 24.6 Å². The van der Waals surface area contributed by atoms with Crippen molar-refractivity contribution in [2.75, 3.05) is 46.5 Å². The van der Waals surface area contributed by atoms with Gasteiger partial charge in [-0.05, 0) is 29.8 Å². The van der Waals surface area contributed by atoms with Crippen molar-refractivity contribution in [3.05, 3.63) is 64.2 Å². The van der Waals surface area contributed by atoms with Gasteiger partial charge in [-0.3, -0.25) is 14.5 Å². The second kappa shape index (κ2) is 9.82. The third-order valence-corrected chi connectivity index (χ3v) is 6.16. The number of hydrogen-bond donors (Lipinski definition) is 2. The van der Waals surface area contributed by atoms with E-state index in [0.717, 1.165) is 13.1 Å². The molecule has 0 saturated carbocycles. The minimum Gasteiger partial charge on any atom is -0.507 e. The van der Waals surface area contributed by atoms with E-state index in [9.17, 15) is 19.8 Å². The van der Waals surface area contributed by atoms with Crippen molar-refractivity contribution in [2.45, 2.75) is 6.04 Å². The maximum absolute atomic E-state index is 13.1. The number of Topliss-reactive ketones (excluding diaryl/α,β-unsaturated/α-hetero) is 1. The van der Waals surface area contributed by atoms with Gasteiger partial charge >= 0.3 is 0 Å². The van der Waals surface area contributed by atoms with Gasteiger partial charge in [-0.2, -0.15) is 0 Å². The molecule has 8 nitrogen and oxygen atoms in total. The molecule has 1 unspecified atom stereocenters. The van der Waals surface area contributed by atoms with E-state index >= 15 is 0 Å². The summed E-state index contributed by atoms with van der Waals surface area (Å²) >= 11 is 6.20. The number of halogens is 1. The normalized spacial score (nSPS) is 20.9. The Morgan fingerprint density at radius 3 is 2.58 bits per heavy atom. The Bertz CT molecular complexity index is 1100. The first-order valence-electron chi connectivity index (χ1n) is 10.6. The van der Waals surface area contributed by atoms with Gasteiger partial charge in [0.2, 0.25) is 0 Å². The van der Waals surface area contributed by atoms with Crippen LogP contribution < -0.4 is 4.74 Å². The van der Waals surface area contributed by atoms with Crippen molar-refractivity contribution in [3.63, 3.8) is 0 Å². The topological polar surface area (TPSA) is 99.5 Å². The zero-order valence-electron chi connectivity index (χ0n) is 18.2. The van der Waals surface area contributed by atoms with E-state index in [0.29, 0.717) is 36.1 Å². The van der Waals surface area contributed by atoms with E-state index in [1.165, 1.54) is 24.1 Å². The van der Waals surface area contributed by atoms with Gasteiger partial charge in [0.1, 0.15) is 17.3 Å². The summed E-state index contributed by atoms with van der Waals surface area (Å²) in [5.41, 5.74) is 0.539. The van der Waals surface area contributed by atoms with Gasteiger partial charge in [-0.1, -0.05) is 23.7 Å². The fraction of sp³-hybridized carbons (Fsp3) is 0.333. The third kappa shape index (κ3) is 4.68.